The highest BCUT2D eigenvalue weighted by molar-refractivity contribution is 6.31. The van der Waals surface area contributed by atoms with Gasteiger partial charge in [-0.05, 0) is 48.9 Å². The fourth-order valence-corrected chi connectivity index (χ4v) is 2.78. The molecule has 3 aromatic rings. The molecular formula is C21H17ClN2O5. The fraction of sp³-hybridized carbons (Fsp3) is 0.0952. The molecule has 1 amide bonds. The number of nitro benzene ring substituents is 1. The first kappa shape index (κ1) is 20.2. The summed E-state index contributed by atoms with van der Waals surface area (Å²) in [5, 5.41) is 14.3. The van der Waals surface area contributed by atoms with Gasteiger partial charge in [0, 0.05) is 28.4 Å². The highest BCUT2D eigenvalue weighted by Gasteiger charge is 2.15. The third kappa shape index (κ3) is 4.83. The van der Waals surface area contributed by atoms with Gasteiger partial charge in [-0.25, -0.2) is 0 Å². The van der Waals surface area contributed by atoms with Crippen molar-refractivity contribution < 1.29 is 18.9 Å². The minimum atomic E-state index is -0.577. The highest BCUT2D eigenvalue weighted by Crippen LogP contribution is 2.30. The third-order valence-corrected chi connectivity index (χ3v) is 4.53. The number of amides is 1. The Morgan fingerprint density at radius 1 is 1.21 bits per heavy atom. The minimum absolute atomic E-state index is 0.114. The van der Waals surface area contributed by atoms with Gasteiger partial charge in [0.1, 0.15) is 11.5 Å². The van der Waals surface area contributed by atoms with E-state index in [9.17, 15) is 14.9 Å². The molecule has 0 atom stereocenters. The van der Waals surface area contributed by atoms with Gasteiger partial charge in [0.25, 0.3) is 0 Å². The fourth-order valence-electron chi connectivity index (χ4n) is 2.60. The van der Waals surface area contributed by atoms with Gasteiger partial charge in [0.05, 0.1) is 12.0 Å². The van der Waals surface area contributed by atoms with E-state index in [2.05, 4.69) is 5.32 Å². The second-order valence-electron chi connectivity index (χ2n) is 6.13. The summed E-state index contributed by atoms with van der Waals surface area (Å²) in [4.78, 5) is 22.6. The van der Waals surface area contributed by atoms with Crippen molar-refractivity contribution in [1.29, 1.82) is 0 Å². The predicted octanol–water partition coefficient (Wildman–Crippen LogP) is 5.48. The number of aryl methyl sites for hydroxylation is 1. The molecule has 0 aliphatic rings. The van der Waals surface area contributed by atoms with E-state index in [1.54, 1.807) is 12.1 Å². The maximum absolute atomic E-state index is 12.1. The van der Waals surface area contributed by atoms with E-state index in [1.165, 1.54) is 37.5 Å². The molecule has 0 saturated heterocycles. The lowest BCUT2D eigenvalue weighted by atomic mass is 10.1. The minimum Gasteiger partial charge on any atom is -0.490 e. The maximum atomic E-state index is 12.1. The van der Waals surface area contributed by atoms with Crippen LogP contribution in [0, 0.1) is 17.0 Å². The van der Waals surface area contributed by atoms with Gasteiger partial charge in [-0.2, -0.15) is 0 Å². The number of rotatable bonds is 6. The highest BCUT2D eigenvalue weighted by atomic mass is 35.5. The van der Waals surface area contributed by atoms with Crippen molar-refractivity contribution in [1.82, 2.24) is 0 Å². The molecule has 0 fully saturated rings. The number of nitrogens with zero attached hydrogens (tertiary/aromatic N) is 1. The van der Waals surface area contributed by atoms with E-state index in [0.717, 1.165) is 11.1 Å². The van der Waals surface area contributed by atoms with Gasteiger partial charge in [-0.3, -0.25) is 14.9 Å². The van der Waals surface area contributed by atoms with Crippen LogP contribution in [0.5, 0.6) is 5.75 Å². The van der Waals surface area contributed by atoms with Crippen molar-refractivity contribution in [2.75, 3.05) is 12.4 Å². The molecular weight excluding hydrogens is 396 g/mol. The van der Waals surface area contributed by atoms with E-state index in [-0.39, 0.29) is 17.1 Å². The zero-order valence-corrected chi connectivity index (χ0v) is 16.4. The lowest BCUT2D eigenvalue weighted by molar-refractivity contribution is -0.385. The van der Waals surface area contributed by atoms with Crippen LogP contribution in [-0.4, -0.2) is 17.9 Å². The average Bonchev–Trinajstić information content (AvgIpc) is 3.17. The number of anilines is 1. The molecule has 0 radical (unpaired) electrons. The Hall–Kier alpha value is -3.58. The molecule has 7 nitrogen and oxygen atoms in total. The second kappa shape index (κ2) is 8.62. The third-order valence-electron chi connectivity index (χ3n) is 4.13. The standard InChI is InChI=1S/C21H17ClN2O5/c1-13-3-4-14(11-17(13)22)19-9-6-16(29-19)7-10-21(25)23-15-5-8-20(28-2)18(12-15)24(26)27/h3-12H,1-2H3,(H,23,25)/b10-7+. The summed E-state index contributed by atoms with van der Waals surface area (Å²) in [7, 11) is 1.34. The van der Waals surface area contributed by atoms with Gasteiger partial charge in [-0.1, -0.05) is 23.7 Å². The SMILES string of the molecule is COc1ccc(NC(=O)/C=C/c2ccc(-c3ccc(C)c(Cl)c3)o2)cc1[N+](=O)[O-]. The summed E-state index contributed by atoms with van der Waals surface area (Å²) in [6.07, 6.45) is 2.79. The van der Waals surface area contributed by atoms with Crippen molar-refractivity contribution in [3.05, 3.63) is 81.1 Å². The number of methoxy groups -OCH3 is 1. The Bertz CT molecular complexity index is 1100. The number of benzene rings is 2. The summed E-state index contributed by atoms with van der Waals surface area (Å²) < 4.78 is 10.7. The summed E-state index contributed by atoms with van der Waals surface area (Å²) in [6, 6.07) is 13.3. The number of halogens is 1. The molecule has 0 saturated carbocycles. The van der Waals surface area contributed by atoms with Gasteiger partial charge in [0.2, 0.25) is 5.91 Å². The van der Waals surface area contributed by atoms with E-state index < -0.39 is 10.8 Å². The summed E-state index contributed by atoms with van der Waals surface area (Å²) in [5.74, 6) is 0.758. The Morgan fingerprint density at radius 3 is 2.69 bits per heavy atom. The number of ether oxygens (including phenoxy) is 1. The summed E-state index contributed by atoms with van der Waals surface area (Å²) in [5.41, 5.74) is 1.84. The Balaban J connectivity index is 1.70. The molecule has 1 aromatic heterocycles. The molecule has 29 heavy (non-hydrogen) atoms. The van der Waals surface area contributed by atoms with Gasteiger partial charge in [0.15, 0.2) is 5.75 Å². The smallest absolute Gasteiger partial charge is 0.312 e. The number of hydrogen-bond acceptors (Lipinski definition) is 5. The van der Waals surface area contributed by atoms with Crippen LogP contribution in [0.1, 0.15) is 11.3 Å². The number of carbonyl (C=O) groups is 1. The van der Waals surface area contributed by atoms with Crippen LogP contribution in [0.4, 0.5) is 11.4 Å². The topological polar surface area (TPSA) is 94.6 Å². The Kier molecular flexibility index (Phi) is 5.99. The molecule has 0 aliphatic carbocycles. The largest absolute Gasteiger partial charge is 0.490 e. The number of nitro groups is 1. The maximum Gasteiger partial charge on any atom is 0.312 e. The van der Waals surface area contributed by atoms with Crippen LogP contribution in [0.15, 0.2) is 59.0 Å². The van der Waals surface area contributed by atoms with Crippen molar-refractivity contribution in [3.8, 4) is 17.1 Å². The van der Waals surface area contributed by atoms with Gasteiger partial charge in [-0.15, -0.1) is 0 Å². The number of furan rings is 1. The average molecular weight is 413 g/mol. The molecule has 0 bridgehead atoms. The molecule has 0 unspecified atom stereocenters. The molecule has 148 valence electrons. The molecule has 0 aliphatic heterocycles. The molecule has 1 N–H and O–H groups in total. The Labute approximate surface area is 171 Å². The van der Waals surface area contributed by atoms with Crippen LogP contribution < -0.4 is 10.1 Å². The monoisotopic (exact) mass is 412 g/mol. The number of carbonyl (C=O) groups excluding carboxylic acids is 1. The Morgan fingerprint density at radius 2 is 2.00 bits per heavy atom. The van der Waals surface area contributed by atoms with Crippen LogP contribution >= 0.6 is 11.6 Å². The zero-order valence-electron chi connectivity index (χ0n) is 15.6. The van der Waals surface area contributed by atoms with E-state index in [1.807, 2.05) is 25.1 Å². The van der Waals surface area contributed by atoms with Crippen molar-refractivity contribution in [2.45, 2.75) is 6.92 Å². The van der Waals surface area contributed by atoms with Gasteiger partial charge < -0.3 is 14.5 Å². The number of nitrogens with one attached hydrogen (secondary N) is 1. The van der Waals surface area contributed by atoms with E-state index in [4.69, 9.17) is 20.8 Å². The predicted molar refractivity (Wildman–Crippen MR) is 111 cm³/mol. The molecule has 0 spiro atoms. The lowest BCUT2D eigenvalue weighted by Crippen LogP contribution is -2.08. The first-order chi connectivity index (χ1) is 13.9. The molecule has 1 heterocycles. The first-order valence-electron chi connectivity index (χ1n) is 8.55. The van der Waals surface area contributed by atoms with E-state index in [0.29, 0.717) is 16.5 Å². The molecule has 8 heteroatoms. The second-order valence-corrected chi connectivity index (χ2v) is 6.54. The van der Waals surface area contributed by atoms with Crippen LogP contribution in [0.2, 0.25) is 5.02 Å². The van der Waals surface area contributed by atoms with Gasteiger partial charge >= 0.3 is 5.69 Å². The van der Waals surface area contributed by atoms with Crippen molar-refractivity contribution in [2.24, 2.45) is 0 Å². The quantitative estimate of drug-likeness (QED) is 0.328. The number of hydrogen-bond donors (Lipinski definition) is 1. The van der Waals surface area contributed by atoms with E-state index >= 15 is 0 Å². The first-order valence-corrected chi connectivity index (χ1v) is 8.93. The van der Waals surface area contributed by atoms with Crippen LogP contribution in [-0.2, 0) is 4.79 Å². The summed E-state index contributed by atoms with van der Waals surface area (Å²) in [6.45, 7) is 1.92. The summed E-state index contributed by atoms with van der Waals surface area (Å²) >= 11 is 6.14. The molecule has 2 aromatic carbocycles. The van der Waals surface area contributed by atoms with Crippen LogP contribution in [0.3, 0.4) is 0 Å². The lowest BCUT2D eigenvalue weighted by Gasteiger charge is -2.05. The van der Waals surface area contributed by atoms with Crippen LogP contribution in [0.25, 0.3) is 17.4 Å². The zero-order chi connectivity index (χ0) is 21.0. The van der Waals surface area contributed by atoms with Crippen molar-refractivity contribution >= 4 is 35.0 Å². The van der Waals surface area contributed by atoms with Crippen molar-refractivity contribution in [3.63, 3.8) is 0 Å². The molecule has 3 rings (SSSR count). The normalized spacial score (nSPS) is 10.9.